The number of nitrogens with zero attached hydrogens (tertiary/aromatic N) is 1. The van der Waals surface area contributed by atoms with Gasteiger partial charge in [0, 0.05) is 6.54 Å². The van der Waals surface area contributed by atoms with Crippen molar-refractivity contribution in [3.8, 4) is 0 Å². The van der Waals surface area contributed by atoms with Gasteiger partial charge in [0.15, 0.2) is 0 Å². The van der Waals surface area contributed by atoms with Gasteiger partial charge in [-0.25, -0.2) is 0 Å². The summed E-state index contributed by atoms with van der Waals surface area (Å²) in [7, 11) is 0. The highest BCUT2D eigenvalue weighted by Crippen LogP contribution is 2.11. The first-order valence-electron chi connectivity index (χ1n) is 5.29. The third kappa shape index (κ3) is 3.11. The highest BCUT2D eigenvalue weighted by molar-refractivity contribution is 4.71. The van der Waals surface area contributed by atoms with Crippen LogP contribution in [0.2, 0.25) is 0 Å². The zero-order valence-electron chi connectivity index (χ0n) is 8.47. The zero-order chi connectivity index (χ0) is 8.81. The minimum absolute atomic E-state index is 0.902. The molecule has 2 heteroatoms. The summed E-state index contributed by atoms with van der Waals surface area (Å²) in [4.78, 5) is 2.53. The van der Waals surface area contributed by atoms with Crippen LogP contribution in [0.3, 0.4) is 0 Å². The van der Waals surface area contributed by atoms with Gasteiger partial charge in [0.2, 0.25) is 0 Å². The maximum Gasteiger partial charge on any atom is 0.00216 e. The molecule has 72 valence electrons. The Morgan fingerprint density at radius 2 is 2.08 bits per heavy atom. The van der Waals surface area contributed by atoms with Gasteiger partial charge in [0.1, 0.15) is 0 Å². The summed E-state index contributed by atoms with van der Waals surface area (Å²) in [6.45, 7) is 10.7. The lowest BCUT2D eigenvalue weighted by atomic mass is 9.99. The number of nitrogens with one attached hydrogen (secondary N) is 1. The summed E-state index contributed by atoms with van der Waals surface area (Å²) < 4.78 is 0. The van der Waals surface area contributed by atoms with Crippen molar-refractivity contribution in [3.63, 3.8) is 0 Å². The summed E-state index contributed by atoms with van der Waals surface area (Å²) in [5.41, 5.74) is 0. The Morgan fingerprint density at radius 1 is 1.33 bits per heavy atom. The molecule has 0 radical (unpaired) electrons. The van der Waals surface area contributed by atoms with Gasteiger partial charge in [-0.05, 0) is 44.9 Å². The molecule has 1 heterocycles. The third-order valence-corrected chi connectivity index (χ3v) is 2.81. The second-order valence-corrected chi connectivity index (χ2v) is 3.70. The standard InChI is InChI=1S/C10H22N2/c1-3-12(4-2)9-10-6-5-7-11-8-10/h10-11H,3-9H2,1-2H3. The van der Waals surface area contributed by atoms with E-state index in [0.29, 0.717) is 0 Å². The van der Waals surface area contributed by atoms with Crippen molar-refractivity contribution in [1.29, 1.82) is 0 Å². The van der Waals surface area contributed by atoms with E-state index < -0.39 is 0 Å². The first kappa shape index (κ1) is 10.0. The third-order valence-electron chi connectivity index (χ3n) is 2.81. The van der Waals surface area contributed by atoms with Gasteiger partial charge in [0.25, 0.3) is 0 Å². The first-order chi connectivity index (χ1) is 5.86. The molecule has 12 heavy (non-hydrogen) atoms. The molecule has 2 nitrogen and oxygen atoms in total. The average molecular weight is 170 g/mol. The van der Waals surface area contributed by atoms with E-state index in [0.717, 1.165) is 5.92 Å². The number of piperidine rings is 1. The van der Waals surface area contributed by atoms with Crippen LogP contribution < -0.4 is 5.32 Å². The van der Waals surface area contributed by atoms with Gasteiger partial charge in [-0.15, -0.1) is 0 Å². The fraction of sp³-hybridized carbons (Fsp3) is 1.00. The fourth-order valence-corrected chi connectivity index (χ4v) is 1.93. The number of hydrogen-bond acceptors (Lipinski definition) is 2. The van der Waals surface area contributed by atoms with Gasteiger partial charge in [-0.2, -0.15) is 0 Å². The van der Waals surface area contributed by atoms with Crippen LogP contribution in [0.4, 0.5) is 0 Å². The van der Waals surface area contributed by atoms with E-state index in [1.165, 1.54) is 45.6 Å². The largest absolute Gasteiger partial charge is 0.316 e. The maximum absolute atomic E-state index is 3.46. The van der Waals surface area contributed by atoms with Crippen LogP contribution in [0.1, 0.15) is 26.7 Å². The molecule has 1 rings (SSSR count). The van der Waals surface area contributed by atoms with Gasteiger partial charge in [-0.3, -0.25) is 0 Å². The molecule has 0 aliphatic carbocycles. The topological polar surface area (TPSA) is 15.3 Å². The molecule has 1 saturated heterocycles. The number of rotatable bonds is 4. The molecule has 1 unspecified atom stereocenters. The van der Waals surface area contributed by atoms with E-state index in [1.807, 2.05) is 0 Å². The molecular weight excluding hydrogens is 148 g/mol. The average Bonchev–Trinajstić information content (AvgIpc) is 2.16. The van der Waals surface area contributed by atoms with Gasteiger partial charge < -0.3 is 10.2 Å². The van der Waals surface area contributed by atoms with Crippen LogP contribution in [-0.2, 0) is 0 Å². The molecule has 0 spiro atoms. The van der Waals surface area contributed by atoms with Crippen LogP contribution in [0.5, 0.6) is 0 Å². The highest BCUT2D eigenvalue weighted by Gasteiger charge is 2.14. The summed E-state index contributed by atoms with van der Waals surface area (Å²) in [6, 6.07) is 0. The second kappa shape index (κ2) is 5.55. The van der Waals surface area contributed by atoms with Gasteiger partial charge in [0.05, 0.1) is 0 Å². The van der Waals surface area contributed by atoms with Crippen LogP contribution in [-0.4, -0.2) is 37.6 Å². The predicted octanol–water partition coefficient (Wildman–Crippen LogP) is 1.33. The molecule has 1 atom stereocenters. The lowest BCUT2D eigenvalue weighted by Crippen LogP contribution is -2.38. The molecule has 1 aliphatic heterocycles. The molecule has 1 fully saturated rings. The van der Waals surface area contributed by atoms with Crippen LogP contribution in [0.25, 0.3) is 0 Å². The highest BCUT2D eigenvalue weighted by atomic mass is 15.1. The minimum atomic E-state index is 0.902. The van der Waals surface area contributed by atoms with E-state index in [-0.39, 0.29) is 0 Å². The normalized spacial score (nSPS) is 24.8. The Bertz CT molecular complexity index is 104. The van der Waals surface area contributed by atoms with Crippen molar-refractivity contribution in [2.75, 3.05) is 32.7 Å². The molecule has 0 bridgehead atoms. The van der Waals surface area contributed by atoms with Crippen molar-refractivity contribution in [1.82, 2.24) is 10.2 Å². The summed E-state index contributed by atoms with van der Waals surface area (Å²) >= 11 is 0. The lowest BCUT2D eigenvalue weighted by molar-refractivity contribution is 0.225. The van der Waals surface area contributed by atoms with Crippen LogP contribution >= 0.6 is 0 Å². The Hall–Kier alpha value is -0.0800. The smallest absolute Gasteiger partial charge is 0.00216 e. The Morgan fingerprint density at radius 3 is 2.58 bits per heavy atom. The zero-order valence-corrected chi connectivity index (χ0v) is 8.47. The van der Waals surface area contributed by atoms with Crippen LogP contribution in [0, 0.1) is 5.92 Å². The molecular formula is C10H22N2. The van der Waals surface area contributed by atoms with Gasteiger partial charge >= 0.3 is 0 Å². The Labute approximate surface area is 76.3 Å². The van der Waals surface area contributed by atoms with Crippen molar-refractivity contribution in [2.24, 2.45) is 5.92 Å². The van der Waals surface area contributed by atoms with Gasteiger partial charge in [-0.1, -0.05) is 13.8 Å². The molecule has 0 aromatic heterocycles. The summed E-state index contributed by atoms with van der Waals surface area (Å²) in [5.74, 6) is 0.902. The van der Waals surface area contributed by atoms with Crippen molar-refractivity contribution in [3.05, 3.63) is 0 Å². The molecule has 1 N–H and O–H groups in total. The Kier molecular flexibility index (Phi) is 4.62. The summed E-state index contributed by atoms with van der Waals surface area (Å²) in [5, 5.41) is 3.46. The van der Waals surface area contributed by atoms with Crippen LogP contribution in [0.15, 0.2) is 0 Å². The van der Waals surface area contributed by atoms with E-state index in [1.54, 1.807) is 0 Å². The Balaban J connectivity index is 2.18. The van der Waals surface area contributed by atoms with E-state index >= 15 is 0 Å². The number of hydrogen-bond donors (Lipinski definition) is 1. The fourth-order valence-electron chi connectivity index (χ4n) is 1.93. The molecule has 0 saturated carbocycles. The lowest BCUT2D eigenvalue weighted by Gasteiger charge is -2.28. The molecule has 0 aromatic rings. The molecule has 0 amide bonds. The quantitative estimate of drug-likeness (QED) is 0.684. The summed E-state index contributed by atoms with van der Waals surface area (Å²) in [6.07, 6.45) is 2.79. The second-order valence-electron chi connectivity index (χ2n) is 3.70. The van der Waals surface area contributed by atoms with E-state index in [4.69, 9.17) is 0 Å². The first-order valence-corrected chi connectivity index (χ1v) is 5.29. The molecule has 1 aliphatic rings. The van der Waals surface area contributed by atoms with E-state index in [9.17, 15) is 0 Å². The van der Waals surface area contributed by atoms with Crippen molar-refractivity contribution in [2.45, 2.75) is 26.7 Å². The molecule has 0 aromatic carbocycles. The predicted molar refractivity (Wildman–Crippen MR) is 53.4 cm³/mol. The SMILES string of the molecule is CCN(CC)CC1CCCNC1. The van der Waals surface area contributed by atoms with Crippen molar-refractivity contribution < 1.29 is 0 Å². The maximum atomic E-state index is 3.46. The van der Waals surface area contributed by atoms with E-state index in [2.05, 4.69) is 24.1 Å². The monoisotopic (exact) mass is 170 g/mol. The minimum Gasteiger partial charge on any atom is -0.316 e. The van der Waals surface area contributed by atoms with Crippen molar-refractivity contribution >= 4 is 0 Å².